The Morgan fingerprint density at radius 2 is 1.88 bits per heavy atom. The molecular formula is C11H20N2O3S. The number of hydrogen-bond donors (Lipinski definition) is 1. The van der Waals surface area contributed by atoms with Crippen molar-refractivity contribution in [2.75, 3.05) is 39.0 Å². The molecule has 1 fully saturated rings. The van der Waals surface area contributed by atoms with Crippen molar-refractivity contribution in [1.29, 1.82) is 0 Å². The molecule has 0 spiro atoms. The van der Waals surface area contributed by atoms with Crippen molar-refractivity contribution >= 4 is 23.6 Å². The second-order valence-electron chi connectivity index (χ2n) is 4.40. The third-order valence-corrected chi connectivity index (χ3v) is 3.96. The zero-order valence-electron chi connectivity index (χ0n) is 10.4. The summed E-state index contributed by atoms with van der Waals surface area (Å²) in [6.45, 7) is 5.24. The van der Waals surface area contributed by atoms with Crippen LogP contribution in [0.15, 0.2) is 0 Å². The predicted molar refractivity (Wildman–Crippen MR) is 68.2 cm³/mol. The Morgan fingerprint density at radius 1 is 1.29 bits per heavy atom. The molecule has 1 aliphatic heterocycles. The lowest BCUT2D eigenvalue weighted by Crippen LogP contribution is -2.47. The van der Waals surface area contributed by atoms with Crippen LogP contribution < -0.4 is 0 Å². The molecule has 1 amide bonds. The molecule has 1 atom stereocenters. The first-order valence-corrected chi connectivity index (χ1v) is 6.83. The van der Waals surface area contributed by atoms with E-state index in [1.807, 2.05) is 18.9 Å². The van der Waals surface area contributed by atoms with Crippen LogP contribution in [0.5, 0.6) is 0 Å². The third kappa shape index (κ3) is 5.41. The SMILES string of the molecule is CC(CC(=O)O)SCC(=O)N1CCN(C)CC1. The Kier molecular flexibility index (Phi) is 5.77. The van der Waals surface area contributed by atoms with Crippen molar-refractivity contribution in [2.24, 2.45) is 0 Å². The molecule has 1 saturated heterocycles. The van der Waals surface area contributed by atoms with E-state index in [9.17, 15) is 9.59 Å². The van der Waals surface area contributed by atoms with Crippen LogP contribution >= 0.6 is 11.8 Å². The molecule has 6 heteroatoms. The van der Waals surface area contributed by atoms with Gasteiger partial charge in [0.05, 0.1) is 12.2 Å². The molecule has 1 unspecified atom stereocenters. The molecule has 1 aliphatic rings. The van der Waals surface area contributed by atoms with Gasteiger partial charge in [-0.2, -0.15) is 0 Å². The van der Waals surface area contributed by atoms with E-state index in [1.54, 1.807) is 0 Å². The average Bonchev–Trinajstić information content (AvgIpc) is 2.26. The summed E-state index contributed by atoms with van der Waals surface area (Å²) in [6.07, 6.45) is 0.112. The standard InChI is InChI=1S/C11H20N2O3S/c1-9(7-11(15)16)17-8-10(14)13-5-3-12(2)4-6-13/h9H,3-8H2,1-2H3,(H,15,16). The van der Waals surface area contributed by atoms with E-state index < -0.39 is 5.97 Å². The van der Waals surface area contributed by atoms with Gasteiger partial charge in [0.25, 0.3) is 0 Å². The largest absolute Gasteiger partial charge is 0.481 e. The minimum absolute atomic E-state index is 0.0103. The van der Waals surface area contributed by atoms with Gasteiger partial charge in [0, 0.05) is 31.4 Å². The van der Waals surface area contributed by atoms with Crippen LogP contribution in [0.3, 0.4) is 0 Å². The fourth-order valence-corrected chi connectivity index (χ4v) is 2.54. The molecule has 5 nitrogen and oxygen atoms in total. The Bertz CT molecular complexity index is 278. The maximum Gasteiger partial charge on any atom is 0.304 e. The minimum atomic E-state index is -0.808. The van der Waals surface area contributed by atoms with Crippen molar-refractivity contribution in [1.82, 2.24) is 9.80 Å². The monoisotopic (exact) mass is 260 g/mol. The van der Waals surface area contributed by atoms with Crippen molar-refractivity contribution in [3.8, 4) is 0 Å². The van der Waals surface area contributed by atoms with E-state index in [1.165, 1.54) is 11.8 Å². The number of rotatable bonds is 5. The number of thioether (sulfide) groups is 1. The fraction of sp³-hybridized carbons (Fsp3) is 0.818. The predicted octanol–water partition coefficient (Wildman–Crippen LogP) is 0.357. The number of likely N-dealkylation sites (N-methyl/N-ethyl adjacent to an activating group) is 1. The number of aliphatic carboxylic acids is 1. The molecule has 0 aliphatic carbocycles. The van der Waals surface area contributed by atoms with E-state index in [2.05, 4.69) is 4.90 Å². The van der Waals surface area contributed by atoms with Gasteiger partial charge in [0.1, 0.15) is 0 Å². The summed E-state index contributed by atoms with van der Waals surface area (Å²) in [5.74, 6) is -0.296. The van der Waals surface area contributed by atoms with Crippen LogP contribution in [0.2, 0.25) is 0 Å². The van der Waals surface area contributed by atoms with Crippen molar-refractivity contribution in [2.45, 2.75) is 18.6 Å². The highest BCUT2D eigenvalue weighted by atomic mass is 32.2. The number of nitrogens with zero attached hydrogens (tertiary/aromatic N) is 2. The summed E-state index contributed by atoms with van der Waals surface area (Å²) >= 11 is 1.42. The summed E-state index contributed by atoms with van der Waals surface area (Å²) in [4.78, 5) is 26.4. The van der Waals surface area contributed by atoms with Crippen LogP contribution in [-0.2, 0) is 9.59 Å². The molecular weight excluding hydrogens is 240 g/mol. The maximum absolute atomic E-state index is 11.8. The Morgan fingerprint density at radius 3 is 2.41 bits per heavy atom. The highest BCUT2D eigenvalue weighted by Gasteiger charge is 2.19. The Hall–Kier alpha value is -0.750. The van der Waals surface area contributed by atoms with Gasteiger partial charge in [-0.15, -0.1) is 11.8 Å². The molecule has 1 N–H and O–H groups in total. The highest BCUT2D eigenvalue weighted by Crippen LogP contribution is 2.15. The van der Waals surface area contributed by atoms with Crippen LogP contribution in [-0.4, -0.2) is 71.0 Å². The molecule has 0 bridgehead atoms. The van der Waals surface area contributed by atoms with Gasteiger partial charge in [0.2, 0.25) is 5.91 Å². The molecule has 0 aromatic rings. The molecule has 1 heterocycles. The second-order valence-corrected chi connectivity index (χ2v) is 5.83. The van der Waals surface area contributed by atoms with Crippen LogP contribution in [0.25, 0.3) is 0 Å². The first kappa shape index (κ1) is 14.3. The summed E-state index contributed by atoms with van der Waals surface area (Å²) in [5, 5.41) is 8.60. The van der Waals surface area contributed by atoms with Crippen molar-refractivity contribution in [3.05, 3.63) is 0 Å². The van der Waals surface area contributed by atoms with Gasteiger partial charge >= 0.3 is 5.97 Å². The molecule has 0 radical (unpaired) electrons. The summed E-state index contributed by atoms with van der Waals surface area (Å²) in [5.41, 5.74) is 0. The van der Waals surface area contributed by atoms with Crippen LogP contribution in [0.1, 0.15) is 13.3 Å². The number of carbonyl (C=O) groups is 2. The lowest BCUT2D eigenvalue weighted by molar-refractivity contribution is -0.137. The molecule has 17 heavy (non-hydrogen) atoms. The maximum atomic E-state index is 11.8. The smallest absolute Gasteiger partial charge is 0.304 e. The Balaban J connectivity index is 2.22. The average molecular weight is 260 g/mol. The van der Waals surface area contributed by atoms with Gasteiger partial charge in [0.15, 0.2) is 0 Å². The molecule has 1 rings (SSSR count). The van der Waals surface area contributed by atoms with E-state index in [0.717, 1.165) is 26.2 Å². The van der Waals surface area contributed by atoms with Gasteiger partial charge in [-0.05, 0) is 7.05 Å². The normalized spacial score (nSPS) is 19.1. The number of piperazine rings is 1. The summed E-state index contributed by atoms with van der Waals surface area (Å²) < 4.78 is 0. The lowest BCUT2D eigenvalue weighted by Gasteiger charge is -2.32. The first-order valence-electron chi connectivity index (χ1n) is 5.78. The molecule has 98 valence electrons. The quantitative estimate of drug-likeness (QED) is 0.773. The van der Waals surface area contributed by atoms with Gasteiger partial charge < -0.3 is 14.9 Å². The van der Waals surface area contributed by atoms with E-state index in [4.69, 9.17) is 5.11 Å². The zero-order valence-corrected chi connectivity index (χ0v) is 11.2. The fourth-order valence-electron chi connectivity index (χ4n) is 1.67. The van der Waals surface area contributed by atoms with E-state index >= 15 is 0 Å². The van der Waals surface area contributed by atoms with Gasteiger partial charge in [-0.1, -0.05) is 6.92 Å². The van der Waals surface area contributed by atoms with Gasteiger partial charge in [-0.25, -0.2) is 0 Å². The molecule has 0 aromatic carbocycles. The topological polar surface area (TPSA) is 60.9 Å². The highest BCUT2D eigenvalue weighted by molar-refractivity contribution is 8.00. The molecule has 0 aromatic heterocycles. The number of carboxylic acids is 1. The summed E-state index contributed by atoms with van der Waals surface area (Å²) in [6, 6.07) is 0. The third-order valence-electron chi connectivity index (χ3n) is 2.81. The number of carboxylic acid groups (broad SMARTS) is 1. The lowest BCUT2D eigenvalue weighted by atomic mass is 10.3. The summed E-state index contributed by atoms with van der Waals surface area (Å²) in [7, 11) is 2.05. The van der Waals surface area contributed by atoms with Crippen LogP contribution in [0.4, 0.5) is 0 Å². The van der Waals surface area contributed by atoms with Gasteiger partial charge in [-0.3, -0.25) is 9.59 Å². The number of carbonyl (C=O) groups excluding carboxylic acids is 1. The van der Waals surface area contributed by atoms with Crippen LogP contribution in [0, 0.1) is 0 Å². The minimum Gasteiger partial charge on any atom is -0.481 e. The van der Waals surface area contributed by atoms with E-state index in [-0.39, 0.29) is 17.6 Å². The zero-order chi connectivity index (χ0) is 12.8. The Labute approximate surface area is 106 Å². The molecule has 0 saturated carbocycles. The first-order chi connectivity index (χ1) is 7.99. The van der Waals surface area contributed by atoms with Crippen molar-refractivity contribution < 1.29 is 14.7 Å². The number of hydrogen-bond acceptors (Lipinski definition) is 4. The number of amides is 1. The van der Waals surface area contributed by atoms with E-state index in [0.29, 0.717) is 5.75 Å². The second kappa shape index (κ2) is 6.86. The van der Waals surface area contributed by atoms with Crippen molar-refractivity contribution in [3.63, 3.8) is 0 Å².